The summed E-state index contributed by atoms with van der Waals surface area (Å²) >= 11 is 0. The Morgan fingerprint density at radius 3 is 2.79 bits per heavy atom. The van der Waals surface area contributed by atoms with Crippen LogP contribution in [0.4, 0.5) is 0 Å². The van der Waals surface area contributed by atoms with E-state index >= 15 is 0 Å². The van der Waals surface area contributed by atoms with Crippen LogP contribution >= 0.6 is 0 Å². The lowest BCUT2D eigenvalue weighted by Crippen LogP contribution is -2.41. The van der Waals surface area contributed by atoms with Crippen LogP contribution < -0.4 is 10.1 Å². The van der Waals surface area contributed by atoms with Crippen LogP contribution in [0.15, 0.2) is 47.7 Å². The zero-order valence-corrected chi connectivity index (χ0v) is 14.8. The molecule has 0 unspecified atom stereocenters. The molecule has 0 saturated heterocycles. The first-order chi connectivity index (χ1) is 11.7. The van der Waals surface area contributed by atoms with Crippen LogP contribution in [-0.4, -0.2) is 54.4 Å². The molecule has 6 heteroatoms. The number of aliphatic imine (C=N–C) groups is 1. The summed E-state index contributed by atoms with van der Waals surface area (Å²) in [6, 6.07) is 9.86. The number of hydrogen-bond acceptors (Lipinski definition) is 3. The number of aromatic nitrogens is 2. The molecule has 0 aliphatic carbocycles. The van der Waals surface area contributed by atoms with Gasteiger partial charge in [0.25, 0.3) is 0 Å². The topological polar surface area (TPSA) is 54.7 Å². The molecule has 0 atom stereocenters. The first-order valence-corrected chi connectivity index (χ1v) is 8.26. The van der Waals surface area contributed by atoms with Crippen LogP contribution in [0, 0.1) is 0 Å². The van der Waals surface area contributed by atoms with Gasteiger partial charge in [-0.3, -0.25) is 9.67 Å². The van der Waals surface area contributed by atoms with E-state index in [1.54, 1.807) is 7.05 Å². The third-order valence-corrected chi connectivity index (χ3v) is 3.70. The van der Waals surface area contributed by atoms with Gasteiger partial charge < -0.3 is 15.0 Å². The van der Waals surface area contributed by atoms with Crippen molar-refractivity contribution in [3.63, 3.8) is 0 Å². The minimum absolute atomic E-state index is 0.622. The normalized spacial score (nSPS) is 11.4. The number of ether oxygens (including phenoxy) is 1. The average Bonchev–Trinajstić information content (AvgIpc) is 3.01. The fourth-order valence-corrected chi connectivity index (χ4v) is 2.40. The Bertz CT molecular complexity index is 623. The third kappa shape index (κ3) is 5.95. The second-order valence-electron chi connectivity index (χ2n) is 5.68. The van der Waals surface area contributed by atoms with Crippen molar-refractivity contribution < 1.29 is 4.74 Å². The monoisotopic (exact) mass is 329 g/mol. The van der Waals surface area contributed by atoms with Gasteiger partial charge in [0.2, 0.25) is 0 Å². The Morgan fingerprint density at radius 1 is 1.33 bits per heavy atom. The molecule has 0 bridgehead atoms. The minimum atomic E-state index is 0.622. The summed E-state index contributed by atoms with van der Waals surface area (Å²) in [5.41, 5.74) is 1.26. The van der Waals surface area contributed by atoms with E-state index in [0.29, 0.717) is 6.61 Å². The number of nitrogens with one attached hydrogen (secondary N) is 1. The van der Waals surface area contributed by atoms with Crippen molar-refractivity contribution in [2.24, 2.45) is 12.0 Å². The average molecular weight is 329 g/mol. The maximum absolute atomic E-state index is 5.72. The molecule has 0 spiro atoms. The van der Waals surface area contributed by atoms with Gasteiger partial charge in [0.05, 0.1) is 12.7 Å². The lowest BCUT2D eigenvalue weighted by Gasteiger charge is -2.22. The lowest BCUT2D eigenvalue weighted by atomic mass is 10.2. The van der Waals surface area contributed by atoms with Gasteiger partial charge in [0.1, 0.15) is 12.4 Å². The zero-order valence-electron chi connectivity index (χ0n) is 14.8. The molecule has 0 amide bonds. The highest BCUT2D eigenvalue weighted by Crippen LogP contribution is 2.07. The minimum Gasteiger partial charge on any atom is -0.492 e. The molecule has 6 nitrogen and oxygen atoms in total. The molecule has 2 rings (SSSR count). The van der Waals surface area contributed by atoms with Crippen LogP contribution in [0.3, 0.4) is 0 Å². The lowest BCUT2D eigenvalue weighted by molar-refractivity contribution is 0.281. The molecule has 1 heterocycles. The molecule has 0 radical (unpaired) electrons. The summed E-state index contributed by atoms with van der Waals surface area (Å²) in [7, 11) is 5.76. The van der Waals surface area contributed by atoms with E-state index in [1.165, 1.54) is 5.56 Å². The molecular weight excluding hydrogens is 302 g/mol. The number of para-hydroxylation sites is 1. The summed E-state index contributed by atoms with van der Waals surface area (Å²) in [6.07, 6.45) is 6.03. The van der Waals surface area contributed by atoms with E-state index in [1.807, 2.05) is 55.3 Å². The molecule has 130 valence electrons. The molecule has 0 aliphatic heterocycles. The van der Waals surface area contributed by atoms with Crippen LogP contribution in [0.5, 0.6) is 5.75 Å². The summed E-state index contributed by atoms with van der Waals surface area (Å²) in [5, 5.41) is 7.57. The molecule has 1 N–H and O–H groups in total. The van der Waals surface area contributed by atoms with Crippen molar-refractivity contribution in [2.75, 3.05) is 33.8 Å². The standard InChI is InChI=1S/C18H27N5O/c1-19-18(20-11-7-8-16-14-21-23(3)15-16)22(2)12-13-24-17-9-5-4-6-10-17/h4-6,9-10,14-15H,7-8,11-13H2,1-3H3,(H,19,20). The predicted octanol–water partition coefficient (Wildman–Crippen LogP) is 1.94. The van der Waals surface area contributed by atoms with Crippen molar-refractivity contribution in [1.29, 1.82) is 0 Å². The van der Waals surface area contributed by atoms with Crippen LogP contribution in [0.2, 0.25) is 0 Å². The highest BCUT2D eigenvalue weighted by molar-refractivity contribution is 5.79. The number of likely N-dealkylation sites (N-methyl/N-ethyl adjacent to an activating group) is 1. The second-order valence-corrected chi connectivity index (χ2v) is 5.68. The van der Waals surface area contributed by atoms with E-state index in [9.17, 15) is 0 Å². The number of nitrogens with zero attached hydrogens (tertiary/aromatic N) is 4. The summed E-state index contributed by atoms with van der Waals surface area (Å²) in [4.78, 5) is 6.40. The highest BCUT2D eigenvalue weighted by atomic mass is 16.5. The maximum atomic E-state index is 5.72. The molecule has 1 aromatic carbocycles. The number of hydrogen-bond donors (Lipinski definition) is 1. The molecule has 0 fully saturated rings. The Kier molecular flexibility index (Phi) is 7.14. The van der Waals surface area contributed by atoms with Gasteiger partial charge >= 0.3 is 0 Å². The SMILES string of the molecule is CN=C(NCCCc1cnn(C)c1)N(C)CCOc1ccccc1. The highest BCUT2D eigenvalue weighted by Gasteiger charge is 2.05. The van der Waals surface area contributed by atoms with Crippen molar-refractivity contribution in [2.45, 2.75) is 12.8 Å². The van der Waals surface area contributed by atoms with E-state index < -0.39 is 0 Å². The Hall–Kier alpha value is -2.50. The van der Waals surface area contributed by atoms with Crippen LogP contribution in [0.1, 0.15) is 12.0 Å². The summed E-state index contributed by atoms with van der Waals surface area (Å²) in [5.74, 6) is 1.78. The van der Waals surface area contributed by atoms with Crippen molar-refractivity contribution in [1.82, 2.24) is 20.0 Å². The number of rotatable bonds is 8. The third-order valence-electron chi connectivity index (χ3n) is 3.70. The number of benzene rings is 1. The summed E-state index contributed by atoms with van der Waals surface area (Å²) < 4.78 is 7.56. The van der Waals surface area contributed by atoms with E-state index in [0.717, 1.165) is 37.6 Å². The largest absolute Gasteiger partial charge is 0.492 e. The second kappa shape index (κ2) is 9.60. The smallest absolute Gasteiger partial charge is 0.193 e. The van der Waals surface area contributed by atoms with Crippen molar-refractivity contribution >= 4 is 5.96 Å². The fourth-order valence-electron chi connectivity index (χ4n) is 2.40. The van der Waals surface area contributed by atoms with Crippen LogP contribution in [-0.2, 0) is 13.5 Å². The molecule has 0 saturated carbocycles. The van der Waals surface area contributed by atoms with E-state index in [2.05, 4.69) is 26.5 Å². The summed E-state index contributed by atoms with van der Waals surface area (Å²) in [6.45, 7) is 2.28. The first-order valence-electron chi connectivity index (χ1n) is 8.26. The fraction of sp³-hybridized carbons (Fsp3) is 0.444. The first kappa shape index (κ1) is 17.8. The van der Waals surface area contributed by atoms with E-state index in [-0.39, 0.29) is 0 Å². The van der Waals surface area contributed by atoms with Gasteiger partial charge in [-0.1, -0.05) is 18.2 Å². The van der Waals surface area contributed by atoms with Crippen LogP contribution in [0.25, 0.3) is 0 Å². The molecule has 0 aliphatic rings. The Morgan fingerprint density at radius 2 is 2.12 bits per heavy atom. The zero-order chi connectivity index (χ0) is 17.2. The number of guanidine groups is 1. The van der Waals surface area contributed by atoms with Crippen molar-refractivity contribution in [3.8, 4) is 5.75 Å². The van der Waals surface area contributed by atoms with Gasteiger partial charge in [-0.2, -0.15) is 5.10 Å². The molecule has 2 aromatic rings. The van der Waals surface area contributed by atoms with E-state index in [4.69, 9.17) is 4.74 Å². The van der Waals surface area contributed by atoms with Gasteiger partial charge in [-0.05, 0) is 30.5 Å². The quantitative estimate of drug-likeness (QED) is 0.457. The maximum Gasteiger partial charge on any atom is 0.193 e. The molecule has 24 heavy (non-hydrogen) atoms. The molecule has 1 aromatic heterocycles. The van der Waals surface area contributed by atoms with Gasteiger partial charge in [-0.15, -0.1) is 0 Å². The molecular formula is C18H27N5O. The van der Waals surface area contributed by atoms with Gasteiger partial charge in [-0.25, -0.2) is 0 Å². The Balaban J connectivity index is 1.64. The van der Waals surface area contributed by atoms with Gasteiger partial charge in [0, 0.05) is 33.9 Å². The number of aryl methyl sites for hydroxylation is 2. The van der Waals surface area contributed by atoms with Gasteiger partial charge in [0.15, 0.2) is 5.96 Å². The van der Waals surface area contributed by atoms with Crippen molar-refractivity contribution in [3.05, 3.63) is 48.3 Å². The predicted molar refractivity (Wildman–Crippen MR) is 97.5 cm³/mol. The Labute approximate surface area is 144 Å².